The molecule has 0 atom stereocenters. The van der Waals surface area contributed by atoms with Crippen molar-refractivity contribution in [2.75, 3.05) is 0 Å². The maximum absolute atomic E-state index is 4.37. The SMILES string of the molecule is Cc1nccn1-c1nccc2c1ncn2C. The zero-order valence-electron chi connectivity index (χ0n) is 9.12. The average Bonchev–Trinajstić information content (AvgIpc) is 2.86. The second-order valence-corrected chi connectivity index (χ2v) is 3.70. The Kier molecular flexibility index (Phi) is 1.80. The van der Waals surface area contributed by atoms with Gasteiger partial charge in [0.2, 0.25) is 0 Å². The van der Waals surface area contributed by atoms with E-state index in [1.165, 1.54) is 0 Å². The van der Waals surface area contributed by atoms with Crippen LogP contribution in [0.5, 0.6) is 0 Å². The van der Waals surface area contributed by atoms with Crippen LogP contribution in [0.15, 0.2) is 31.0 Å². The molecule has 16 heavy (non-hydrogen) atoms. The van der Waals surface area contributed by atoms with Gasteiger partial charge in [0.15, 0.2) is 5.82 Å². The van der Waals surface area contributed by atoms with Crippen LogP contribution in [0.4, 0.5) is 0 Å². The van der Waals surface area contributed by atoms with Gasteiger partial charge in [0.05, 0.1) is 11.8 Å². The number of hydrogen-bond acceptors (Lipinski definition) is 3. The maximum Gasteiger partial charge on any atom is 0.166 e. The summed E-state index contributed by atoms with van der Waals surface area (Å²) in [5.74, 6) is 1.73. The molecule has 0 aromatic carbocycles. The van der Waals surface area contributed by atoms with Crippen molar-refractivity contribution in [1.82, 2.24) is 24.1 Å². The van der Waals surface area contributed by atoms with Crippen molar-refractivity contribution in [2.24, 2.45) is 7.05 Å². The smallest absolute Gasteiger partial charge is 0.166 e. The fraction of sp³-hybridized carbons (Fsp3) is 0.182. The van der Waals surface area contributed by atoms with Crippen LogP contribution in [-0.4, -0.2) is 24.1 Å². The zero-order valence-corrected chi connectivity index (χ0v) is 9.12. The molecule has 0 aliphatic heterocycles. The molecule has 0 unspecified atom stereocenters. The average molecular weight is 213 g/mol. The summed E-state index contributed by atoms with van der Waals surface area (Å²) < 4.78 is 3.92. The van der Waals surface area contributed by atoms with Gasteiger partial charge in [-0.3, -0.25) is 4.57 Å². The van der Waals surface area contributed by atoms with Crippen LogP contribution in [0.2, 0.25) is 0 Å². The van der Waals surface area contributed by atoms with Crippen molar-refractivity contribution >= 4 is 11.0 Å². The van der Waals surface area contributed by atoms with Crippen molar-refractivity contribution < 1.29 is 0 Å². The van der Waals surface area contributed by atoms with Crippen LogP contribution >= 0.6 is 0 Å². The minimum atomic E-state index is 0.827. The van der Waals surface area contributed by atoms with Crippen LogP contribution in [-0.2, 0) is 7.05 Å². The van der Waals surface area contributed by atoms with Gasteiger partial charge < -0.3 is 4.57 Å². The van der Waals surface area contributed by atoms with Crippen LogP contribution in [0.3, 0.4) is 0 Å². The molecule has 0 fully saturated rings. The van der Waals surface area contributed by atoms with Gasteiger partial charge in [-0.1, -0.05) is 0 Å². The van der Waals surface area contributed by atoms with E-state index in [4.69, 9.17) is 0 Å². The van der Waals surface area contributed by atoms with Crippen molar-refractivity contribution in [3.8, 4) is 5.82 Å². The molecule has 0 bridgehead atoms. The van der Waals surface area contributed by atoms with E-state index in [1.54, 1.807) is 18.7 Å². The van der Waals surface area contributed by atoms with E-state index >= 15 is 0 Å². The second kappa shape index (κ2) is 3.16. The highest BCUT2D eigenvalue weighted by Crippen LogP contribution is 2.18. The molecule has 0 aliphatic rings. The summed E-state index contributed by atoms with van der Waals surface area (Å²) in [5, 5.41) is 0. The highest BCUT2D eigenvalue weighted by atomic mass is 15.1. The molecule has 3 heterocycles. The first kappa shape index (κ1) is 9.08. The Labute approximate surface area is 92.4 Å². The number of imidazole rings is 2. The zero-order chi connectivity index (χ0) is 11.1. The van der Waals surface area contributed by atoms with Crippen molar-refractivity contribution in [1.29, 1.82) is 0 Å². The van der Waals surface area contributed by atoms with Crippen molar-refractivity contribution in [3.05, 3.63) is 36.8 Å². The Bertz CT molecular complexity index is 649. The lowest BCUT2D eigenvalue weighted by atomic mass is 10.3. The Hall–Kier alpha value is -2.17. The Balaban J connectivity index is 2.36. The van der Waals surface area contributed by atoms with Crippen LogP contribution in [0.1, 0.15) is 5.82 Å². The molecule has 5 heteroatoms. The molecule has 0 radical (unpaired) electrons. The fourth-order valence-corrected chi connectivity index (χ4v) is 1.83. The molecule has 0 amide bonds. The fourth-order valence-electron chi connectivity index (χ4n) is 1.83. The van der Waals surface area contributed by atoms with Crippen LogP contribution in [0.25, 0.3) is 16.9 Å². The van der Waals surface area contributed by atoms with Gasteiger partial charge >= 0.3 is 0 Å². The van der Waals surface area contributed by atoms with E-state index in [1.807, 2.05) is 35.4 Å². The number of fused-ring (bicyclic) bond motifs is 1. The van der Waals surface area contributed by atoms with Gasteiger partial charge in [-0.2, -0.15) is 0 Å². The van der Waals surface area contributed by atoms with E-state index < -0.39 is 0 Å². The predicted molar refractivity (Wildman–Crippen MR) is 60.4 cm³/mol. The summed E-state index contributed by atoms with van der Waals surface area (Å²) in [6, 6.07) is 1.96. The van der Waals surface area contributed by atoms with Gasteiger partial charge in [0, 0.05) is 25.6 Å². The molecule has 80 valence electrons. The van der Waals surface area contributed by atoms with Gasteiger partial charge in [0.1, 0.15) is 11.3 Å². The summed E-state index contributed by atoms with van der Waals surface area (Å²) in [7, 11) is 1.97. The van der Waals surface area contributed by atoms with E-state index in [-0.39, 0.29) is 0 Å². The summed E-state index contributed by atoms with van der Waals surface area (Å²) in [6.07, 6.45) is 7.24. The standard InChI is InChI=1S/C11H11N5/c1-8-12-5-6-16(8)11-10-9(3-4-13-11)15(2)7-14-10/h3-7H,1-2H3. The minimum absolute atomic E-state index is 0.827. The molecule has 5 nitrogen and oxygen atoms in total. The largest absolute Gasteiger partial charge is 0.334 e. The Morgan fingerprint density at radius 1 is 1.12 bits per heavy atom. The van der Waals surface area contributed by atoms with Crippen LogP contribution < -0.4 is 0 Å². The first-order valence-electron chi connectivity index (χ1n) is 5.04. The molecule has 3 aromatic rings. The van der Waals surface area contributed by atoms with Crippen LogP contribution in [0, 0.1) is 6.92 Å². The predicted octanol–water partition coefficient (Wildman–Crippen LogP) is 1.46. The number of nitrogens with zero attached hydrogens (tertiary/aromatic N) is 5. The first-order valence-corrected chi connectivity index (χ1v) is 5.04. The third-order valence-corrected chi connectivity index (χ3v) is 2.68. The van der Waals surface area contributed by atoms with Crippen molar-refractivity contribution in [2.45, 2.75) is 6.92 Å². The van der Waals surface area contributed by atoms with Gasteiger partial charge in [-0.25, -0.2) is 15.0 Å². The Morgan fingerprint density at radius 2 is 2.00 bits per heavy atom. The second-order valence-electron chi connectivity index (χ2n) is 3.70. The van der Waals surface area contributed by atoms with Crippen molar-refractivity contribution in [3.63, 3.8) is 0 Å². The van der Waals surface area contributed by atoms with E-state index in [2.05, 4.69) is 15.0 Å². The number of pyridine rings is 1. The monoisotopic (exact) mass is 213 g/mol. The minimum Gasteiger partial charge on any atom is -0.334 e. The molecule has 0 saturated carbocycles. The number of aryl methyl sites for hydroxylation is 2. The first-order chi connectivity index (χ1) is 7.77. The van der Waals surface area contributed by atoms with Gasteiger partial charge in [0.25, 0.3) is 0 Å². The molecule has 3 rings (SSSR count). The molecular formula is C11H11N5. The quantitative estimate of drug-likeness (QED) is 0.615. The lowest BCUT2D eigenvalue weighted by Crippen LogP contribution is -1.99. The Morgan fingerprint density at radius 3 is 2.75 bits per heavy atom. The highest BCUT2D eigenvalue weighted by molar-refractivity contribution is 5.81. The van der Waals surface area contributed by atoms with Gasteiger partial charge in [-0.05, 0) is 13.0 Å². The highest BCUT2D eigenvalue weighted by Gasteiger charge is 2.09. The number of rotatable bonds is 1. The normalized spacial score (nSPS) is 11.1. The third-order valence-electron chi connectivity index (χ3n) is 2.68. The molecule has 0 saturated heterocycles. The summed E-state index contributed by atoms with van der Waals surface area (Å²) >= 11 is 0. The summed E-state index contributed by atoms with van der Waals surface area (Å²) in [6.45, 7) is 1.95. The topological polar surface area (TPSA) is 48.5 Å². The summed E-state index contributed by atoms with van der Waals surface area (Å²) in [4.78, 5) is 12.9. The molecule has 0 N–H and O–H groups in total. The molecule has 0 spiro atoms. The van der Waals surface area contributed by atoms with E-state index in [0.717, 1.165) is 22.7 Å². The molecule has 3 aromatic heterocycles. The number of hydrogen-bond donors (Lipinski definition) is 0. The summed E-state index contributed by atoms with van der Waals surface area (Å²) in [5.41, 5.74) is 1.96. The maximum atomic E-state index is 4.37. The lowest BCUT2D eigenvalue weighted by Gasteiger charge is -2.04. The van der Waals surface area contributed by atoms with E-state index in [9.17, 15) is 0 Å². The van der Waals surface area contributed by atoms with E-state index in [0.29, 0.717) is 0 Å². The van der Waals surface area contributed by atoms with Gasteiger partial charge in [-0.15, -0.1) is 0 Å². The third kappa shape index (κ3) is 1.14. The molecular weight excluding hydrogens is 202 g/mol. The molecule has 0 aliphatic carbocycles. The number of aromatic nitrogens is 5. The lowest BCUT2D eigenvalue weighted by molar-refractivity contribution is 0.938.